The highest BCUT2D eigenvalue weighted by atomic mass is 16.3. The molecule has 8 nitrogen and oxygen atoms in total. The monoisotopic (exact) mass is 415 g/mol. The maximum Gasteiger partial charge on any atom is 0.275 e. The lowest BCUT2D eigenvalue weighted by atomic mass is 9.83. The second-order valence-electron chi connectivity index (χ2n) is 7.88. The molecular weight excluding hydrogens is 394 g/mol. The molecule has 5 rings (SSSR count). The summed E-state index contributed by atoms with van der Waals surface area (Å²) in [4.78, 5) is 30.6. The van der Waals surface area contributed by atoms with E-state index in [0.717, 1.165) is 28.2 Å². The highest BCUT2D eigenvalue weighted by Gasteiger charge is 2.39. The number of rotatable bonds is 3. The molecule has 2 atom stereocenters. The van der Waals surface area contributed by atoms with Crippen molar-refractivity contribution in [1.29, 1.82) is 0 Å². The van der Waals surface area contributed by atoms with Crippen molar-refractivity contribution in [3.8, 4) is 5.75 Å². The molecule has 0 aliphatic carbocycles. The van der Waals surface area contributed by atoms with E-state index in [2.05, 4.69) is 16.3 Å². The van der Waals surface area contributed by atoms with Crippen LogP contribution in [0, 0.1) is 0 Å². The Labute approximate surface area is 178 Å². The standard InChI is InChI=1S/C23H21N5O3/c1-26-12-16(15-8-9-24-10-17(15)26)20(14-6-4-3-5-7-14)18-13-27(2)23(31)21-22(30)19(29)11-25-28(18)21/h3-12,18,20,30H,13H2,1-2H3. The van der Waals surface area contributed by atoms with Crippen molar-refractivity contribution in [2.45, 2.75) is 12.0 Å². The number of carbonyl (C=O) groups is 1. The minimum absolute atomic E-state index is 0.0749. The lowest BCUT2D eigenvalue weighted by molar-refractivity contribution is 0.0686. The van der Waals surface area contributed by atoms with Crippen LogP contribution in [0.5, 0.6) is 5.75 Å². The van der Waals surface area contributed by atoms with E-state index in [1.165, 1.54) is 9.58 Å². The molecule has 156 valence electrons. The molecule has 1 N–H and O–H groups in total. The van der Waals surface area contributed by atoms with Gasteiger partial charge in [-0.05, 0) is 17.2 Å². The van der Waals surface area contributed by atoms with Crippen LogP contribution in [0.15, 0.2) is 66.0 Å². The van der Waals surface area contributed by atoms with Crippen LogP contribution in [0.4, 0.5) is 0 Å². The van der Waals surface area contributed by atoms with E-state index in [1.54, 1.807) is 13.2 Å². The van der Waals surface area contributed by atoms with Gasteiger partial charge in [-0.25, -0.2) is 0 Å². The minimum Gasteiger partial charge on any atom is -0.502 e. The summed E-state index contributed by atoms with van der Waals surface area (Å²) in [5.74, 6) is -1.17. The molecule has 0 bridgehead atoms. The van der Waals surface area contributed by atoms with E-state index >= 15 is 0 Å². The van der Waals surface area contributed by atoms with Gasteiger partial charge in [0, 0.05) is 44.3 Å². The second-order valence-corrected chi connectivity index (χ2v) is 7.88. The smallest absolute Gasteiger partial charge is 0.275 e. The molecule has 1 aliphatic rings. The first-order chi connectivity index (χ1) is 15.0. The number of aromatic hydroxyl groups is 1. The van der Waals surface area contributed by atoms with Crippen LogP contribution < -0.4 is 5.43 Å². The topological polar surface area (TPSA) is 93.2 Å². The van der Waals surface area contributed by atoms with Gasteiger partial charge >= 0.3 is 0 Å². The molecule has 4 heterocycles. The lowest BCUT2D eigenvalue weighted by Gasteiger charge is -2.37. The number of hydrogen-bond donors (Lipinski definition) is 1. The van der Waals surface area contributed by atoms with Crippen molar-refractivity contribution in [2.24, 2.45) is 7.05 Å². The van der Waals surface area contributed by atoms with Crippen molar-refractivity contribution in [1.82, 2.24) is 24.2 Å². The van der Waals surface area contributed by atoms with Crippen LogP contribution in [-0.2, 0) is 7.05 Å². The number of amides is 1. The minimum atomic E-state index is -0.666. The molecule has 0 radical (unpaired) electrons. The van der Waals surface area contributed by atoms with Gasteiger partial charge in [-0.1, -0.05) is 30.3 Å². The number of pyridine rings is 1. The molecule has 0 spiro atoms. The quantitative estimate of drug-likeness (QED) is 0.554. The summed E-state index contributed by atoms with van der Waals surface area (Å²) < 4.78 is 3.54. The Bertz CT molecular complexity index is 1360. The normalized spacial score (nSPS) is 17.0. The summed E-state index contributed by atoms with van der Waals surface area (Å²) in [6.07, 6.45) is 6.73. The number of aryl methyl sites for hydroxylation is 1. The van der Waals surface area contributed by atoms with E-state index in [0.29, 0.717) is 6.54 Å². The van der Waals surface area contributed by atoms with Gasteiger partial charge in [0.05, 0.1) is 24.0 Å². The molecule has 8 heteroatoms. The van der Waals surface area contributed by atoms with Crippen molar-refractivity contribution in [3.63, 3.8) is 0 Å². The maximum absolute atomic E-state index is 12.8. The fraction of sp³-hybridized carbons (Fsp3) is 0.217. The van der Waals surface area contributed by atoms with Gasteiger partial charge in [-0.15, -0.1) is 0 Å². The summed E-state index contributed by atoms with van der Waals surface area (Å²) in [5, 5.41) is 15.8. The third-order valence-electron chi connectivity index (χ3n) is 6.01. The number of likely N-dealkylation sites (N-methyl/N-ethyl adjacent to an activating group) is 1. The first kappa shape index (κ1) is 19.0. The van der Waals surface area contributed by atoms with Crippen LogP contribution in [0.25, 0.3) is 10.9 Å². The number of fused-ring (bicyclic) bond motifs is 2. The molecule has 3 aromatic heterocycles. The van der Waals surface area contributed by atoms with Crippen LogP contribution in [-0.4, -0.2) is 48.8 Å². The molecule has 1 amide bonds. The van der Waals surface area contributed by atoms with Gasteiger partial charge in [0.2, 0.25) is 5.43 Å². The average Bonchev–Trinajstić information content (AvgIpc) is 3.11. The van der Waals surface area contributed by atoms with E-state index in [4.69, 9.17) is 0 Å². The molecule has 1 aliphatic heterocycles. The largest absolute Gasteiger partial charge is 0.502 e. The fourth-order valence-electron chi connectivity index (χ4n) is 4.55. The first-order valence-corrected chi connectivity index (χ1v) is 9.97. The summed E-state index contributed by atoms with van der Waals surface area (Å²) in [7, 11) is 3.64. The number of carbonyl (C=O) groups excluding carboxylic acids is 1. The number of nitrogens with zero attached hydrogens (tertiary/aromatic N) is 5. The third kappa shape index (κ3) is 2.91. The Morgan fingerprint density at radius 1 is 1.10 bits per heavy atom. The molecule has 0 saturated carbocycles. The first-order valence-electron chi connectivity index (χ1n) is 9.97. The predicted molar refractivity (Wildman–Crippen MR) is 115 cm³/mol. The van der Waals surface area contributed by atoms with Gasteiger partial charge in [0.15, 0.2) is 11.4 Å². The number of hydrogen-bond acceptors (Lipinski definition) is 5. The van der Waals surface area contributed by atoms with Crippen molar-refractivity contribution in [2.75, 3.05) is 13.6 Å². The van der Waals surface area contributed by atoms with Crippen LogP contribution in [0.3, 0.4) is 0 Å². The van der Waals surface area contributed by atoms with E-state index in [-0.39, 0.29) is 17.7 Å². The Morgan fingerprint density at radius 2 is 1.87 bits per heavy atom. The van der Waals surface area contributed by atoms with Crippen molar-refractivity contribution >= 4 is 16.8 Å². The van der Waals surface area contributed by atoms with Gasteiger partial charge in [-0.2, -0.15) is 5.10 Å². The molecule has 0 saturated heterocycles. The van der Waals surface area contributed by atoms with Crippen LogP contribution in [0.2, 0.25) is 0 Å². The summed E-state index contributed by atoms with van der Waals surface area (Å²) in [5.41, 5.74) is 2.36. The van der Waals surface area contributed by atoms with Crippen LogP contribution in [0.1, 0.15) is 33.6 Å². The highest BCUT2D eigenvalue weighted by Crippen LogP contribution is 2.41. The van der Waals surface area contributed by atoms with Gasteiger partial charge in [0.1, 0.15) is 0 Å². The Morgan fingerprint density at radius 3 is 2.65 bits per heavy atom. The maximum atomic E-state index is 12.8. The lowest BCUT2D eigenvalue weighted by Crippen LogP contribution is -2.45. The zero-order chi connectivity index (χ0) is 21.7. The van der Waals surface area contributed by atoms with Crippen LogP contribution >= 0.6 is 0 Å². The Kier molecular flexibility index (Phi) is 4.35. The molecule has 1 aromatic carbocycles. The van der Waals surface area contributed by atoms with E-state index < -0.39 is 17.1 Å². The fourth-order valence-corrected chi connectivity index (χ4v) is 4.55. The second kappa shape index (κ2) is 7.09. The molecule has 2 unspecified atom stereocenters. The van der Waals surface area contributed by atoms with Crippen molar-refractivity contribution < 1.29 is 9.90 Å². The Balaban J connectivity index is 1.80. The SMILES string of the molecule is CN1CC(C(c2ccccc2)c2cn(C)c3cnccc23)n2ncc(=O)c(O)c2C1=O. The summed E-state index contributed by atoms with van der Waals surface area (Å²) >= 11 is 0. The predicted octanol–water partition coefficient (Wildman–Crippen LogP) is 2.29. The Hall–Kier alpha value is -3.94. The number of benzene rings is 1. The van der Waals surface area contributed by atoms with Gasteiger partial charge in [-0.3, -0.25) is 19.3 Å². The van der Waals surface area contributed by atoms with E-state index in [1.807, 2.05) is 54.2 Å². The van der Waals surface area contributed by atoms with Gasteiger partial charge in [0.25, 0.3) is 5.91 Å². The zero-order valence-corrected chi connectivity index (χ0v) is 17.1. The molecule has 4 aromatic rings. The number of aromatic nitrogens is 4. The zero-order valence-electron chi connectivity index (χ0n) is 17.1. The van der Waals surface area contributed by atoms with E-state index in [9.17, 15) is 14.7 Å². The molecule has 31 heavy (non-hydrogen) atoms. The van der Waals surface area contributed by atoms with Crippen molar-refractivity contribution in [3.05, 3.63) is 88.2 Å². The average molecular weight is 415 g/mol. The highest BCUT2D eigenvalue weighted by molar-refractivity contribution is 5.95. The molecule has 0 fully saturated rings. The molecular formula is C23H21N5O3. The summed E-state index contributed by atoms with van der Waals surface area (Å²) in [6, 6.07) is 11.7. The third-order valence-corrected chi connectivity index (χ3v) is 6.01. The van der Waals surface area contributed by atoms with Gasteiger partial charge < -0.3 is 14.6 Å². The summed E-state index contributed by atoms with van der Waals surface area (Å²) in [6.45, 7) is 0.377.